The quantitative estimate of drug-likeness (QED) is 0.549. The topological polar surface area (TPSA) is 81.9 Å². The second-order valence-electron chi connectivity index (χ2n) is 6.84. The van der Waals surface area contributed by atoms with Crippen molar-refractivity contribution in [2.24, 2.45) is 0 Å². The highest BCUT2D eigenvalue weighted by Gasteiger charge is 2.37. The van der Waals surface area contributed by atoms with Crippen molar-refractivity contribution in [2.45, 2.75) is 31.6 Å². The van der Waals surface area contributed by atoms with E-state index in [2.05, 4.69) is 0 Å². The van der Waals surface area contributed by atoms with Crippen LogP contribution in [0.3, 0.4) is 0 Å². The van der Waals surface area contributed by atoms with Crippen LogP contribution < -0.4 is 9.47 Å². The van der Waals surface area contributed by atoms with Crippen molar-refractivity contribution in [3.05, 3.63) is 63.2 Å². The fraction of sp³-hybridized carbons (Fsp3) is 0.316. The molecule has 0 aromatic heterocycles. The number of nitro benzene ring substituents is 1. The molecule has 1 aliphatic carbocycles. The normalized spacial score (nSPS) is 15.3. The van der Waals surface area contributed by atoms with E-state index in [1.165, 1.54) is 23.1 Å². The number of ether oxygens (including phenoxy) is 2. The number of nitrogens with zero attached hydrogens (tertiary/aromatic N) is 2. The molecule has 10 heteroatoms. The Balaban J connectivity index is 1.63. The Morgan fingerprint density at radius 3 is 2.31 bits per heavy atom. The Bertz CT molecular complexity index is 971. The third kappa shape index (κ3) is 3.82. The Kier molecular flexibility index (Phi) is 4.56. The van der Waals surface area contributed by atoms with E-state index in [1.54, 1.807) is 0 Å². The summed E-state index contributed by atoms with van der Waals surface area (Å²) < 4.78 is 48.6. The van der Waals surface area contributed by atoms with Gasteiger partial charge in [-0.05, 0) is 30.5 Å². The van der Waals surface area contributed by atoms with Gasteiger partial charge in [-0.15, -0.1) is 0 Å². The summed E-state index contributed by atoms with van der Waals surface area (Å²) in [5.41, 5.74) is -0.825. The molecule has 0 radical (unpaired) electrons. The number of halogens is 3. The summed E-state index contributed by atoms with van der Waals surface area (Å²) in [6.07, 6.45) is -2.99. The predicted molar refractivity (Wildman–Crippen MR) is 93.6 cm³/mol. The average Bonchev–Trinajstić information content (AvgIpc) is 3.41. The van der Waals surface area contributed by atoms with E-state index < -0.39 is 28.3 Å². The van der Waals surface area contributed by atoms with Gasteiger partial charge in [0.15, 0.2) is 11.5 Å². The maximum atomic E-state index is 13.1. The first-order valence-electron chi connectivity index (χ1n) is 8.79. The van der Waals surface area contributed by atoms with Crippen molar-refractivity contribution in [3.8, 4) is 11.5 Å². The van der Waals surface area contributed by atoms with Gasteiger partial charge in [-0.2, -0.15) is 13.2 Å². The van der Waals surface area contributed by atoms with Crippen LogP contribution in [0.15, 0.2) is 36.4 Å². The molecule has 1 fully saturated rings. The van der Waals surface area contributed by atoms with Crippen LogP contribution in [0, 0.1) is 10.1 Å². The maximum Gasteiger partial charge on any atom is 0.416 e. The van der Waals surface area contributed by atoms with E-state index in [1.807, 2.05) is 0 Å². The van der Waals surface area contributed by atoms with E-state index in [-0.39, 0.29) is 36.4 Å². The van der Waals surface area contributed by atoms with E-state index in [0.717, 1.165) is 31.0 Å². The van der Waals surface area contributed by atoms with Crippen LogP contribution in [0.4, 0.5) is 18.9 Å². The Labute approximate surface area is 162 Å². The summed E-state index contributed by atoms with van der Waals surface area (Å²) >= 11 is 0. The highest BCUT2D eigenvalue weighted by Crippen LogP contribution is 2.40. The molecular formula is C19H15F3N2O5. The smallest absolute Gasteiger partial charge is 0.416 e. The number of carbonyl (C=O) groups excluding carboxylic acids is 1. The molecular weight excluding hydrogens is 393 g/mol. The van der Waals surface area contributed by atoms with E-state index >= 15 is 0 Å². The number of carbonyl (C=O) groups is 1. The average molecular weight is 408 g/mol. The van der Waals surface area contributed by atoms with Gasteiger partial charge in [0.1, 0.15) is 5.56 Å². The van der Waals surface area contributed by atoms with Crippen LogP contribution in [0.1, 0.15) is 34.3 Å². The number of hydrogen-bond donors (Lipinski definition) is 0. The van der Waals surface area contributed by atoms with E-state index in [0.29, 0.717) is 5.56 Å². The molecule has 1 aliphatic heterocycles. The summed E-state index contributed by atoms with van der Waals surface area (Å²) in [5, 5.41) is 11.5. The molecule has 4 rings (SSSR count). The molecule has 0 spiro atoms. The van der Waals surface area contributed by atoms with E-state index in [9.17, 15) is 28.1 Å². The van der Waals surface area contributed by atoms with Gasteiger partial charge in [0, 0.05) is 18.7 Å². The van der Waals surface area contributed by atoms with Crippen LogP contribution in [0.5, 0.6) is 11.5 Å². The zero-order valence-electron chi connectivity index (χ0n) is 14.9. The molecule has 0 N–H and O–H groups in total. The Morgan fingerprint density at radius 1 is 1.14 bits per heavy atom. The standard InChI is InChI=1S/C19H15F3N2O5/c20-19(21,22)12-3-1-11(2-4-12)9-23(13-5-6-13)18(25)14-7-16-17(29-10-28-16)8-15(14)24(26)27/h1-4,7-8,13H,5-6,9-10H2. The Hall–Kier alpha value is -3.30. The third-order valence-corrected chi connectivity index (χ3v) is 4.80. The first kappa shape index (κ1) is 19.0. The number of alkyl halides is 3. The van der Waals surface area contributed by atoms with Crippen LogP contribution >= 0.6 is 0 Å². The summed E-state index contributed by atoms with van der Waals surface area (Å²) in [7, 11) is 0. The fourth-order valence-electron chi connectivity index (χ4n) is 3.16. The van der Waals surface area contributed by atoms with Gasteiger partial charge >= 0.3 is 6.18 Å². The molecule has 0 saturated heterocycles. The monoisotopic (exact) mass is 408 g/mol. The van der Waals surface area contributed by atoms with Gasteiger partial charge in [-0.3, -0.25) is 14.9 Å². The number of amides is 1. The number of hydrogen-bond acceptors (Lipinski definition) is 5. The second kappa shape index (κ2) is 6.94. The molecule has 29 heavy (non-hydrogen) atoms. The highest BCUT2D eigenvalue weighted by atomic mass is 19.4. The van der Waals surface area contributed by atoms with E-state index in [4.69, 9.17) is 9.47 Å². The van der Waals surface area contributed by atoms with Crippen molar-refractivity contribution < 1.29 is 32.4 Å². The summed E-state index contributed by atoms with van der Waals surface area (Å²) in [6, 6.07) is 6.83. The molecule has 7 nitrogen and oxygen atoms in total. The van der Waals surface area contributed by atoms with Crippen molar-refractivity contribution >= 4 is 11.6 Å². The minimum absolute atomic E-state index is 0.0488. The second-order valence-corrected chi connectivity index (χ2v) is 6.84. The van der Waals surface area contributed by atoms with Crippen LogP contribution in [-0.2, 0) is 12.7 Å². The predicted octanol–water partition coefficient (Wildman–Crippen LogP) is 4.15. The van der Waals surface area contributed by atoms with Crippen molar-refractivity contribution in [2.75, 3.05) is 6.79 Å². The maximum absolute atomic E-state index is 13.1. The van der Waals surface area contributed by atoms with Crippen molar-refractivity contribution in [1.82, 2.24) is 4.90 Å². The minimum Gasteiger partial charge on any atom is -0.454 e. The SMILES string of the molecule is O=C(c1cc2c(cc1[N+](=O)[O-])OCO2)N(Cc1ccc(C(F)(F)F)cc1)C1CC1. The molecule has 2 aromatic rings. The molecule has 1 amide bonds. The van der Waals surface area contributed by atoms with Crippen LogP contribution in [-0.4, -0.2) is 28.6 Å². The van der Waals surface area contributed by atoms with Gasteiger partial charge in [-0.1, -0.05) is 12.1 Å². The van der Waals surface area contributed by atoms with Gasteiger partial charge in [0.05, 0.1) is 16.6 Å². The third-order valence-electron chi connectivity index (χ3n) is 4.80. The lowest BCUT2D eigenvalue weighted by atomic mass is 10.1. The lowest BCUT2D eigenvalue weighted by molar-refractivity contribution is -0.385. The molecule has 152 valence electrons. The molecule has 0 atom stereocenters. The van der Waals surface area contributed by atoms with Crippen LogP contribution in [0.25, 0.3) is 0 Å². The number of fused-ring (bicyclic) bond motifs is 1. The zero-order chi connectivity index (χ0) is 20.8. The van der Waals surface area contributed by atoms with Crippen molar-refractivity contribution in [1.29, 1.82) is 0 Å². The number of rotatable bonds is 5. The molecule has 0 bridgehead atoms. The molecule has 0 unspecified atom stereocenters. The lowest BCUT2D eigenvalue weighted by Crippen LogP contribution is -2.33. The molecule has 1 saturated carbocycles. The number of nitro groups is 1. The zero-order valence-corrected chi connectivity index (χ0v) is 14.9. The molecule has 2 aliphatic rings. The Morgan fingerprint density at radius 2 is 1.76 bits per heavy atom. The number of benzene rings is 2. The fourth-order valence-corrected chi connectivity index (χ4v) is 3.16. The lowest BCUT2D eigenvalue weighted by Gasteiger charge is -2.23. The van der Waals surface area contributed by atoms with Gasteiger partial charge in [-0.25, -0.2) is 0 Å². The first-order chi connectivity index (χ1) is 13.7. The summed E-state index contributed by atoms with van der Waals surface area (Å²) in [4.78, 5) is 25.4. The minimum atomic E-state index is -4.45. The summed E-state index contributed by atoms with van der Waals surface area (Å²) in [6.45, 7) is -0.0464. The van der Waals surface area contributed by atoms with Crippen molar-refractivity contribution in [3.63, 3.8) is 0 Å². The largest absolute Gasteiger partial charge is 0.454 e. The van der Waals surface area contributed by atoms with Gasteiger partial charge < -0.3 is 14.4 Å². The van der Waals surface area contributed by atoms with Gasteiger partial charge in [0.25, 0.3) is 11.6 Å². The summed E-state index contributed by atoms with van der Waals surface area (Å²) in [5.74, 6) is -0.143. The van der Waals surface area contributed by atoms with Crippen LogP contribution in [0.2, 0.25) is 0 Å². The van der Waals surface area contributed by atoms with Gasteiger partial charge in [0.2, 0.25) is 6.79 Å². The molecule has 2 aromatic carbocycles. The highest BCUT2D eigenvalue weighted by molar-refractivity contribution is 5.99. The first-order valence-corrected chi connectivity index (χ1v) is 8.79. The molecule has 1 heterocycles.